The highest BCUT2D eigenvalue weighted by Gasteiger charge is 2.30. The maximum absolute atomic E-state index is 11.3. The van der Waals surface area contributed by atoms with E-state index in [9.17, 15) is 9.59 Å². The Hall–Kier alpha value is -1.62. The van der Waals surface area contributed by atoms with E-state index >= 15 is 0 Å². The topological polar surface area (TPSA) is 52.6 Å². The Morgan fingerprint density at radius 1 is 1.06 bits per heavy atom. The van der Waals surface area contributed by atoms with Crippen LogP contribution in [0.15, 0.2) is 18.2 Å². The van der Waals surface area contributed by atoms with Crippen LogP contribution in [0.25, 0.3) is 0 Å². The molecule has 0 aliphatic carbocycles. The average Bonchev–Trinajstić information content (AvgIpc) is 2.40. The number of hydrogen-bond acceptors (Lipinski definition) is 4. The highest BCUT2D eigenvalue weighted by molar-refractivity contribution is 6.70. The zero-order chi connectivity index (χ0) is 11.9. The van der Waals surface area contributed by atoms with Crippen LogP contribution >= 0.6 is 0 Å². The molecule has 16 heavy (non-hydrogen) atoms. The van der Waals surface area contributed by atoms with Crippen molar-refractivity contribution in [3.8, 4) is 5.75 Å². The first-order chi connectivity index (χ1) is 7.37. The van der Waals surface area contributed by atoms with Crippen LogP contribution in [0.5, 0.6) is 5.75 Å². The molecule has 1 aromatic rings. The summed E-state index contributed by atoms with van der Waals surface area (Å²) in [6.45, 7) is 6.14. The molecule has 1 aromatic carbocycles. The number of ether oxygens (including phenoxy) is 1. The summed E-state index contributed by atoms with van der Waals surface area (Å²) in [5.74, 6) is -0.565. The minimum Gasteiger partial charge on any atom is -0.544 e. The normalized spacial score (nSPS) is 14.7. The molecular weight excluding hydrogens is 224 g/mol. The van der Waals surface area contributed by atoms with Crippen molar-refractivity contribution in [1.29, 1.82) is 0 Å². The lowest BCUT2D eigenvalue weighted by molar-refractivity contribution is 0.0443. The molecule has 0 unspecified atom stereocenters. The first kappa shape index (κ1) is 10.9. The molecule has 0 bridgehead atoms. The van der Waals surface area contributed by atoms with E-state index in [0.29, 0.717) is 16.9 Å². The Bertz CT molecular complexity index is 473. The van der Waals surface area contributed by atoms with Gasteiger partial charge in [0.2, 0.25) is 8.32 Å². The Morgan fingerprint density at radius 2 is 1.69 bits per heavy atom. The van der Waals surface area contributed by atoms with E-state index in [1.807, 2.05) is 19.6 Å². The van der Waals surface area contributed by atoms with Gasteiger partial charge >= 0.3 is 11.9 Å². The predicted molar refractivity (Wildman–Crippen MR) is 60.2 cm³/mol. The van der Waals surface area contributed by atoms with Crippen molar-refractivity contribution >= 4 is 20.3 Å². The summed E-state index contributed by atoms with van der Waals surface area (Å²) in [6, 6.07) is 4.83. The number of hydrogen-bond donors (Lipinski definition) is 0. The quantitative estimate of drug-likeness (QED) is 0.449. The first-order valence-corrected chi connectivity index (χ1v) is 8.37. The number of benzene rings is 1. The molecule has 1 aliphatic rings. The fourth-order valence-corrected chi connectivity index (χ4v) is 2.32. The second-order valence-corrected chi connectivity index (χ2v) is 9.03. The Morgan fingerprint density at radius 3 is 2.31 bits per heavy atom. The van der Waals surface area contributed by atoms with Crippen LogP contribution in [0.1, 0.15) is 20.7 Å². The molecule has 0 saturated heterocycles. The maximum Gasteiger partial charge on any atom is 0.347 e. The average molecular weight is 236 g/mol. The Kier molecular flexibility index (Phi) is 2.34. The third kappa shape index (κ3) is 1.99. The standard InChI is InChI=1S/C11H12O4Si/c1-16(2,3)15-7-4-5-8-9(6-7)11(13)14-10(8)12/h4-6H,1-3H3. The van der Waals surface area contributed by atoms with Crippen molar-refractivity contribution in [3.63, 3.8) is 0 Å². The van der Waals surface area contributed by atoms with E-state index in [-0.39, 0.29) is 0 Å². The zero-order valence-corrected chi connectivity index (χ0v) is 10.4. The van der Waals surface area contributed by atoms with Crippen LogP contribution < -0.4 is 4.43 Å². The SMILES string of the molecule is C[Si](C)(C)Oc1ccc2c(c1)C(=O)OC2=O. The number of esters is 2. The molecule has 0 saturated carbocycles. The van der Waals surface area contributed by atoms with Gasteiger partial charge in [0.05, 0.1) is 11.1 Å². The van der Waals surface area contributed by atoms with Crippen LogP contribution in [0.2, 0.25) is 19.6 Å². The van der Waals surface area contributed by atoms with Gasteiger partial charge in [0, 0.05) is 0 Å². The summed E-state index contributed by atoms with van der Waals surface area (Å²) in [4.78, 5) is 22.5. The van der Waals surface area contributed by atoms with E-state index in [0.717, 1.165) is 0 Å². The van der Waals surface area contributed by atoms with E-state index in [1.165, 1.54) is 0 Å². The summed E-state index contributed by atoms with van der Waals surface area (Å²) in [6.07, 6.45) is 0. The van der Waals surface area contributed by atoms with Crippen molar-refractivity contribution in [3.05, 3.63) is 29.3 Å². The molecular formula is C11H12O4Si. The Labute approximate surface area is 94.3 Å². The fraction of sp³-hybridized carbons (Fsp3) is 0.273. The van der Waals surface area contributed by atoms with Crippen molar-refractivity contribution in [2.75, 3.05) is 0 Å². The first-order valence-electron chi connectivity index (χ1n) is 4.96. The second-order valence-electron chi connectivity index (χ2n) is 4.60. The lowest BCUT2D eigenvalue weighted by Crippen LogP contribution is -2.29. The van der Waals surface area contributed by atoms with E-state index < -0.39 is 20.3 Å². The minimum absolute atomic E-state index is 0.292. The molecule has 0 amide bonds. The molecule has 2 rings (SSSR count). The molecule has 1 heterocycles. The van der Waals surface area contributed by atoms with Gasteiger partial charge in [-0.3, -0.25) is 0 Å². The number of carbonyl (C=O) groups is 2. The van der Waals surface area contributed by atoms with Gasteiger partial charge in [0.25, 0.3) is 0 Å². The van der Waals surface area contributed by atoms with Crippen LogP contribution in [-0.4, -0.2) is 20.3 Å². The number of rotatable bonds is 2. The number of fused-ring (bicyclic) bond motifs is 1. The fourth-order valence-electron chi connectivity index (χ4n) is 1.48. The molecule has 5 heteroatoms. The smallest absolute Gasteiger partial charge is 0.347 e. The largest absolute Gasteiger partial charge is 0.544 e. The van der Waals surface area contributed by atoms with Gasteiger partial charge in [0.1, 0.15) is 5.75 Å². The molecule has 0 fully saturated rings. The number of carbonyl (C=O) groups excluding carboxylic acids is 2. The summed E-state index contributed by atoms with van der Waals surface area (Å²) in [5, 5.41) is 0. The van der Waals surface area contributed by atoms with Crippen molar-refractivity contribution < 1.29 is 18.8 Å². The molecule has 84 valence electrons. The van der Waals surface area contributed by atoms with Crippen LogP contribution in [0, 0.1) is 0 Å². The van der Waals surface area contributed by atoms with Crippen LogP contribution in [0.3, 0.4) is 0 Å². The molecule has 0 N–H and O–H groups in total. The van der Waals surface area contributed by atoms with Gasteiger partial charge in [-0.05, 0) is 37.8 Å². The lowest BCUT2D eigenvalue weighted by Gasteiger charge is -2.19. The highest BCUT2D eigenvalue weighted by Crippen LogP contribution is 2.26. The van der Waals surface area contributed by atoms with Gasteiger partial charge in [-0.1, -0.05) is 0 Å². The van der Waals surface area contributed by atoms with Crippen molar-refractivity contribution in [2.45, 2.75) is 19.6 Å². The molecule has 1 aliphatic heterocycles. The van der Waals surface area contributed by atoms with Gasteiger partial charge < -0.3 is 9.16 Å². The Balaban J connectivity index is 2.37. The monoisotopic (exact) mass is 236 g/mol. The highest BCUT2D eigenvalue weighted by atomic mass is 28.4. The summed E-state index contributed by atoms with van der Waals surface area (Å²) in [5.41, 5.74) is 0.605. The van der Waals surface area contributed by atoms with Gasteiger partial charge in [0.15, 0.2) is 0 Å². The van der Waals surface area contributed by atoms with E-state index in [4.69, 9.17) is 4.43 Å². The van der Waals surface area contributed by atoms with E-state index in [2.05, 4.69) is 4.74 Å². The minimum atomic E-state index is -1.71. The lowest BCUT2D eigenvalue weighted by atomic mass is 10.1. The molecule has 0 aromatic heterocycles. The summed E-state index contributed by atoms with van der Waals surface area (Å²) in [7, 11) is -1.71. The van der Waals surface area contributed by atoms with Crippen molar-refractivity contribution in [2.24, 2.45) is 0 Å². The molecule has 0 atom stereocenters. The third-order valence-corrected chi connectivity index (χ3v) is 2.89. The van der Waals surface area contributed by atoms with Crippen LogP contribution in [0.4, 0.5) is 0 Å². The van der Waals surface area contributed by atoms with Crippen LogP contribution in [-0.2, 0) is 4.74 Å². The maximum atomic E-state index is 11.3. The molecule has 4 nitrogen and oxygen atoms in total. The number of cyclic esters (lactones) is 2. The summed E-state index contributed by atoms with van der Waals surface area (Å²) >= 11 is 0. The molecule has 0 radical (unpaired) electrons. The zero-order valence-electron chi connectivity index (χ0n) is 9.37. The molecule has 0 spiro atoms. The third-order valence-electron chi connectivity index (χ3n) is 2.04. The van der Waals surface area contributed by atoms with Gasteiger partial charge in [-0.25, -0.2) is 9.59 Å². The summed E-state index contributed by atoms with van der Waals surface area (Å²) < 4.78 is 10.2. The van der Waals surface area contributed by atoms with Crippen molar-refractivity contribution in [1.82, 2.24) is 0 Å². The predicted octanol–water partition coefficient (Wildman–Crippen LogP) is 2.21. The second kappa shape index (κ2) is 3.45. The van der Waals surface area contributed by atoms with E-state index in [1.54, 1.807) is 18.2 Å². The van der Waals surface area contributed by atoms with Gasteiger partial charge in [-0.2, -0.15) is 0 Å². The van der Waals surface area contributed by atoms with Gasteiger partial charge in [-0.15, -0.1) is 0 Å².